The zero-order chi connectivity index (χ0) is 10.2. The molecule has 0 aliphatic carbocycles. The van der Waals surface area contributed by atoms with E-state index in [9.17, 15) is 4.79 Å². The van der Waals surface area contributed by atoms with E-state index in [4.69, 9.17) is 4.74 Å². The van der Waals surface area contributed by atoms with E-state index in [0.29, 0.717) is 6.61 Å². The van der Waals surface area contributed by atoms with E-state index in [1.807, 2.05) is 0 Å². The molecule has 0 bridgehead atoms. The van der Waals surface area contributed by atoms with E-state index < -0.39 is 0 Å². The summed E-state index contributed by atoms with van der Waals surface area (Å²) >= 11 is 0. The molecule has 1 fully saturated rings. The number of nitrogens with one attached hydrogen (secondary N) is 1. The van der Waals surface area contributed by atoms with Crippen molar-refractivity contribution in [3.05, 3.63) is 0 Å². The summed E-state index contributed by atoms with van der Waals surface area (Å²) in [6.07, 6.45) is 6.66. The lowest BCUT2D eigenvalue weighted by atomic mass is 10.2. The minimum Gasteiger partial charge on any atom is -0.465 e. The summed E-state index contributed by atoms with van der Waals surface area (Å²) in [6, 6.07) is -0.0267. The summed E-state index contributed by atoms with van der Waals surface area (Å²) in [5, 5.41) is 3.13. The van der Waals surface area contributed by atoms with Crippen LogP contribution in [0.1, 0.15) is 45.4 Å². The minimum absolute atomic E-state index is 0.0267. The maximum Gasteiger partial charge on any atom is 0.323 e. The van der Waals surface area contributed by atoms with Crippen molar-refractivity contribution in [2.45, 2.75) is 51.5 Å². The molecule has 3 heteroatoms. The van der Waals surface area contributed by atoms with Crippen LogP contribution in [0, 0.1) is 0 Å². The summed E-state index contributed by atoms with van der Waals surface area (Å²) in [5.41, 5.74) is 0. The van der Waals surface area contributed by atoms with E-state index in [-0.39, 0.29) is 12.0 Å². The molecule has 0 saturated carbocycles. The second kappa shape index (κ2) is 6.82. The van der Waals surface area contributed by atoms with Crippen LogP contribution in [-0.2, 0) is 9.53 Å². The van der Waals surface area contributed by atoms with Crippen LogP contribution in [0.4, 0.5) is 0 Å². The third kappa shape index (κ3) is 4.09. The van der Waals surface area contributed by atoms with Crippen LogP contribution in [0.15, 0.2) is 0 Å². The highest BCUT2D eigenvalue weighted by Gasteiger charge is 2.22. The molecule has 14 heavy (non-hydrogen) atoms. The predicted octanol–water partition coefficient (Wildman–Crippen LogP) is 1.86. The van der Waals surface area contributed by atoms with Crippen molar-refractivity contribution in [1.82, 2.24) is 5.32 Å². The van der Waals surface area contributed by atoms with Gasteiger partial charge in [0.15, 0.2) is 0 Å². The fraction of sp³-hybridized carbons (Fsp3) is 0.909. The number of carbonyl (C=O) groups excluding carboxylic acids is 1. The molecular weight excluding hydrogens is 178 g/mol. The van der Waals surface area contributed by atoms with Gasteiger partial charge in [-0.3, -0.25) is 4.79 Å². The molecule has 1 heterocycles. The second-order valence-electron chi connectivity index (χ2n) is 3.88. The van der Waals surface area contributed by atoms with Crippen molar-refractivity contribution in [2.24, 2.45) is 0 Å². The van der Waals surface area contributed by atoms with E-state index in [1.165, 1.54) is 19.3 Å². The Morgan fingerprint density at radius 1 is 1.43 bits per heavy atom. The molecule has 0 aromatic rings. The van der Waals surface area contributed by atoms with Gasteiger partial charge in [0.2, 0.25) is 0 Å². The van der Waals surface area contributed by atoms with Crippen LogP contribution >= 0.6 is 0 Å². The first-order valence-corrected chi connectivity index (χ1v) is 5.74. The Kier molecular flexibility index (Phi) is 5.60. The Morgan fingerprint density at radius 3 is 2.93 bits per heavy atom. The van der Waals surface area contributed by atoms with Gasteiger partial charge in [0, 0.05) is 0 Å². The summed E-state index contributed by atoms with van der Waals surface area (Å²) in [7, 11) is 0. The van der Waals surface area contributed by atoms with Gasteiger partial charge in [0.25, 0.3) is 0 Å². The molecule has 1 aliphatic heterocycles. The summed E-state index contributed by atoms with van der Waals surface area (Å²) in [4.78, 5) is 11.4. The highest BCUT2D eigenvalue weighted by Crippen LogP contribution is 2.07. The lowest BCUT2D eigenvalue weighted by molar-refractivity contribution is -0.145. The predicted molar refractivity (Wildman–Crippen MR) is 56.1 cm³/mol. The van der Waals surface area contributed by atoms with Gasteiger partial charge in [-0.15, -0.1) is 0 Å². The SMILES string of the molecule is CCCCCCOC(=O)C1CCCN1. The molecule has 1 atom stereocenters. The van der Waals surface area contributed by atoms with Crippen molar-refractivity contribution in [3.63, 3.8) is 0 Å². The zero-order valence-corrected chi connectivity index (χ0v) is 9.05. The first kappa shape index (κ1) is 11.5. The number of unbranched alkanes of at least 4 members (excludes halogenated alkanes) is 3. The van der Waals surface area contributed by atoms with Gasteiger partial charge in [-0.05, 0) is 25.8 Å². The first-order valence-electron chi connectivity index (χ1n) is 5.74. The molecule has 1 rings (SSSR count). The Bertz CT molecular complexity index is 165. The van der Waals surface area contributed by atoms with Crippen molar-refractivity contribution in [2.75, 3.05) is 13.2 Å². The van der Waals surface area contributed by atoms with Crippen LogP contribution < -0.4 is 5.32 Å². The van der Waals surface area contributed by atoms with Gasteiger partial charge < -0.3 is 10.1 Å². The molecule has 0 aromatic carbocycles. The molecular formula is C11H21NO2. The average Bonchev–Trinajstić information content (AvgIpc) is 2.70. The number of esters is 1. The van der Waals surface area contributed by atoms with Crippen LogP contribution in [0.3, 0.4) is 0 Å². The van der Waals surface area contributed by atoms with Crippen LogP contribution in [0.25, 0.3) is 0 Å². The molecule has 3 nitrogen and oxygen atoms in total. The molecule has 1 aliphatic rings. The highest BCUT2D eigenvalue weighted by molar-refractivity contribution is 5.76. The van der Waals surface area contributed by atoms with Crippen LogP contribution in [0.5, 0.6) is 0 Å². The molecule has 0 radical (unpaired) electrons. The number of hydrogen-bond donors (Lipinski definition) is 1. The maximum absolute atomic E-state index is 11.4. The van der Waals surface area contributed by atoms with E-state index in [1.54, 1.807) is 0 Å². The van der Waals surface area contributed by atoms with Gasteiger partial charge in [0.1, 0.15) is 6.04 Å². The molecule has 0 amide bonds. The topological polar surface area (TPSA) is 38.3 Å². The third-order valence-electron chi connectivity index (χ3n) is 2.59. The molecule has 1 saturated heterocycles. The van der Waals surface area contributed by atoms with E-state index >= 15 is 0 Å². The average molecular weight is 199 g/mol. The number of ether oxygens (including phenoxy) is 1. The number of hydrogen-bond acceptors (Lipinski definition) is 3. The summed E-state index contributed by atoms with van der Waals surface area (Å²) in [6.45, 7) is 3.72. The fourth-order valence-corrected chi connectivity index (χ4v) is 1.69. The second-order valence-corrected chi connectivity index (χ2v) is 3.88. The lowest BCUT2D eigenvalue weighted by Gasteiger charge is -2.09. The molecule has 0 spiro atoms. The Labute approximate surface area is 86.2 Å². The normalized spacial score (nSPS) is 21.1. The number of carbonyl (C=O) groups is 1. The fourth-order valence-electron chi connectivity index (χ4n) is 1.69. The van der Waals surface area contributed by atoms with E-state index in [2.05, 4.69) is 12.2 Å². The monoisotopic (exact) mass is 199 g/mol. The quantitative estimate of drug-likeness (QED) is 0.524. The van der Waals surface area contributed by atoms with Gasteiger partial charge in [-0.1, -0.05) is 26.2 Å². The standard InChI is InChI=1S/C11H21NO2/c1-2-3-4-5-9-14-11(13)10-7-6-8-12-10/h10,12H,2-9H2,1H3. The molecule has 1 N–H and O–H groups in total. The highest BCUT2D eigenvalue weighted by atomic mass is 16.5. The molecule has 82 valence electrons. The van der Waals surface area contributed by atoms with Gasteiger partial charge in [0.05, 0.1) is 6.61 Å². The minimum atomic E-state index is -0.0565. The van der Waals surface area contributed by atoms with Gasteiger partial charge in [-0.25, -0.2) is 0 Å². The van der Waals surface area contributed by atoms with Crippen molar-refractivity contribution < 1.29 is 9.53 Å². The van der Waals surface area contributed by atoms with Crippen molar-refractivity contribution in [3.8, 4) is 0 Å². The molecule has 0 aromatic heterocycles. The third-order valence-corrected chi connectivity index (χ3v) is 2.59. The maximum atomic E-state index is 11.4. The van der Waals surface area contributed by atoms with Crippen molar-refractivity contribution >= 4 is 5.97 Å². The largest absolute Gasteiger partial charge is 0.465 e. The summed E-state index contributed by atoms with van der Waals surface area (Å²) in [5.74, 6) is -0.0565. The number of rotatable bonds is 6. The van der Waals surface area contributed by atoms with Gasteiger partial charge in [-0.2, -0.15) is 0 Å². The van der Waals surface area contributed by atoms with Crippen molar-refractivity contribution in [1.29, 1.82) is 0 Å². The lowest BCUT2D eigenvalue weighted by Crippen LogP contribution is -2.32. The van der Waals surface area contributed by atoms with Crippen LogP contribution in [-0.4, -0.2) is 25.2 Å². The molecule has 1 unspecified atom stereocenters. The van der Waals surface area contributed by atoms with Crippen LogP contribution in [0.2, 0.25) is 0 Å². The Balaban J connectivity index is 1.97. The Morgan fingerprint density at radius 2 is 2.29 bits per heavy atom. The van der Waals surface area contributed by atoms with E-state index in [0.717, 1.165) is 25.8 Å². The zero-order valence-electron chi connectivity index (χ0n) is 9.05. The summed E-state index contributed by atoms with van der Waals surface area (Å²) < 4.78 is 5.17. The smallest absolute Gasteiger partial charge is 0.323 e. The Hall–Kier alpha value is -0.570. The first-order chi connectivity index (χ1) is 6.84. The van der Waals surface area contributed by atoms with Gasteiger partial charge >= 0.3 is 5.97 Å².